The number of hydrogen-bond acceptors (Lipinski definition) is 10. The molecule has 2 heterocycles. The van der Waals surface area contributed by atoms with Gasteiger partial charge in [0.2, 0.25) is 0 Å². The molecule has 0 amide bonds. The third kappa shape index (κ3) is 5.01. The average molecular weight is 416 g/mol. The molecule has 1 aromatic heterocycles. The highest BCUT2D eigenvalue weighted by atomic mass is 32.2. The molecule has 0 bridgehead atoms. The number of thioether (sulfide) groups is 1. The molecule has 12 heteroatoms. The Morgan fingerprint density at radius 2 is 1.71 bits per heavy atom. The van der Waals surface area contributed by atoms with Crippen LogP contribution in [0.4, 0.5) is 0 Å². The summed E-state index contributed by atoms with van der Waals surface area (Å²) in [6.45, 7) is 3.09. The van der Waals surface area contributed by atoms with Crippen molar-refractivity contribution in [3.05, 3.63) is 26.9 Å². The minimum absolute atomic E-state index is 0.335. The first-order valence-electron chi connectivity index (χ1n) is 8.17. The van der Waals surface area contributed by atoms with Gasteiger partial charge in [-0.1, -0.05) is 0 Å². The molecule has 28 heavy (non-hydrogen) atoms. The standard InChI is InChI=1S/C16H20N2O9S/c1-7(19)24-6-10-13(25-8(2)20)14(26-9(3)21)15(27-10)18-12(22)5-11(28-4)17-16(18)23/h5,10,13-15H,6H2,1-4H3,(H,17,23). The zero-order valence-electron chi connectivity index (χ0n) is 15.6. The fourth-order valence-corrected chi connectivity index (χ4v) is 3.14. The predicted molar refractivity (Wildman–Crippen MR) is 94.8 cm³/mol. The molecule has 1 saturated heterocycles. The van der Waals surface area contributed by atoms with Gasteiger partial charge < -0.3 is 23.9 Å². The van der Waals surface area contributed by atoms with E-state index in [1.54, 1.807) is 6.26 Å². The number of aromatic amines is 1. The van der Waals surface area contributed by atoms with E-state index in [-0.39, 0.29) is 6.61 Å². The van der Waals surface area contributed by atoms with Gasteiger partial charge in [0.25, 0.3) is 5.56 Å². The summed E-state index contributed by atoms with van der Waals surface area (Å²) in [5.41, 5.74) is -1.50. The Labute approximate surface area is 163 Å². The van der Waals surface area contributed by atoms with Gasteiger partial charge in [0.15, 0.2) is 18.4 Å². The van der Waals surface area contributed by atoms with Crippen LogP contribution in [0.25, 0.3) is 0 Å². The van der Waals surface area contributed by atoms with Gasteiger partial charge in [-0.3, -0.25) is 19.2 Å². The molecular weight excluding hydrogens is 396 g/mol. The molecule has 4 unspecified atom stereocenters. The summed E-state index contributed by atoms with van der Waals surface area (Å²) in [4.78, 5) is 61.6. The van der Waals surface area contributed by atoms with Gasteiger partial charge >= 0.3 is 23.6 Å². The van der Waals surface area contributed by atoms with Crippen LogP contribution in [-0.2, 0) is 33.3 Å². The molecule has 0 saturated carbocycles. The van der Waals surface area contributed by atoms with Crippen molar-refractivity contribution in [3.63, 3.8) is 0 Å². The Morgan fingerprint density at radius 3 is 2.21 bits per heavy atom. The van der Waals surface area contributed by atoms with Gasteiger partial charge in [0, 0.05) is 26.8 Å². The van der Waals surface area contributed by atoms with E-state index in [2.05, 4.69) is 4.98 Å². The third-order valence-corrected chi connectivity index (χ3v) is 4.42. The maximum atomic E-state index is 12.5. The Kier molecular flexibility index (Phi) is 7.02. The van der Waals surface area contributed by atoms with Crippen molar-refractivity contribution >= 4 is 29.7 Å². The maximum absolute atomic E-state index is 12.5. The summed E-state index contributed by atoms with van der Waals surface area (Å²) in [6.07, 6.45) is -3.28. The summed E-state index contributed by atoms with van der Waals surface area (Å²) in [6, 6.07) is 1.18. The number of carbonyl (C=O) groups excluding carboxylic acids is 3. The molecule has 0 radical (unpaired) electrons. The van der Waals surface area contributed by atoms with Crippen LogP contribution in [0.1, 0.15) is 27.0 Å². The number of carbonyl (C=O) groups is 3. The predicted octanol–water partition coefficient (Wildman–Crippen LogP) is -0.418. The fourth-order valence-electron chi connectivity index (χ4n) is 2.74. The van der Waals surface area contributed by atoms with Crippen LogP contribution in [-0.4, -0.2) is 58.6 Å². The van der Waals surface area contributed by atoms with Gasteiger partial charge in [-0.2, -0.15) is 0 Å². The topological polar surface area (TPSA) is 143 Å². The first-order chi connectivity index (χ1) is 13.1. The molecule has 1 N–H and O–H groups in total. The van der Waals surface area contributed by atoms with Gasteiger partial charge in [-0.25, -0.2) is 9.36 Å². The quantitative estimate of drug-likeness (QED) is 0.281. The van der Waals surface area contributed by atoms with E-state index in [9.17, 15) is 24.0 Å². The second kappa shape index (κ2) is 9.06. The maximum Gasteiger partial charge on any atom is 0.331 e. The normalized spacial score (nSPS) is 23.9. The van der Waals surface area contributed by atoms with Crippen LogP contribution in [0.5, 0.6) is 0 Å². The monoisotopic (exact) mass is 416 g/mol. The molecule has 1 aliphatic rings. The number of H-pyrrole nitrogens is 1. The molecule has 2 rings (SSSR count). The Bertz CT molecular complexity index is 846. The van der Waals surface area contributed by atoms with Crippen molar-refractivity contribution in [2.75, 3.05) is 12.9 Å². The van der Waals surface area contributed by atoms with Gasteiger partial charge in [0.1, 0.15) is 12.7 Å². The zero-order chi connectivity index (χ0) is 21.0. The number of rotatable bonds is 6. The number of esters is 3. The lowest BCUT2D eigenvalue weighted by Crippen LogP contribution is -2.45. The van der Waals surface area contributed by atoms with Crippen LogP contribution in [0.15, 0.2) is 20.7 Å². The number of nitrogens with zero attached hydrogens (tertiary/aromatic N) is 1. The average Bonchev–Trinajstić information content (AvgIpc) is 2.88. The van der Waals surface area contributed by atoms with Gasteiger partial charge in [-0.05, 0) is 6.26 Å². The molecule has 4 atom stereocenters. The van der Waals surface area contributed by atoms with E-state index < -0.39 is 53.7 Å². The van der Waals surface area contributed by atoms with Crippen molar-refractivity contribution in [2.24, 2.45) is 0 Å². The van der Waals surface area contributed by atoms with Crippen molar-refractivity contribution in [2.45, 2.75) is 50.3 Å². The highest BCUT2D eigenvalue weighted by Gasteiger charge is 2.51. The molecular formula is C16H20N2O9S. The second-order valence-electron chi connectivity index (χ2n) is 5.87. The molecule has 0 spiro atoms. The van der Waals surface area contributed by atoms with Gasteiger partial charge in [-0.15, -0.1) is 11.8 Å². The molecule has 1 fully saturated rings. The Hall–Kier alpha value is -2.60. The van der Waals surface area contributed by atoms with Crippen molar-refractivity contribution in [1.82, 2.24) is 9.55 Å². The zero-order valence-corrected chi connectivity index (χ0v) is 16.4. The van der Waals surface area contributed by atoms with Crippen molar-refractivity contribution in [3.8, 4) is 0 Å². The molecule has 154 valence electrons. The molecule has 11 nitrogen and oxygen atoms in total. The van der Waals surface area contributed by atoms with Crippen molar-refractivity contribution in [1.29, 1.82) is 0 Å². The smallest absolute Gasteiger partial charge is 0.331 e. The summed E-state index contributed by atoms with van der Waals surface area (Å²) in [5, 5.41) is 0.335. The largest absolute Gasteiger partial charge is 0.463 e. The lowest BCUT2D eigenvalue weighted by atomic mass is 10.1. The second-order valence-corrected chi connectivity index (χ2v) is 6.71. The molecule has 1 aromatic rings. The van der Waals surface area contributed by atoms with Crippen LogP contribution < -0.4 is 11.2 Å². The van der Waals surface area contributed by atoms with Crippen LogP contribution >= 0.6 is 11.8 Å². The van der Waals surface area contributed by atoms with Crippen molar-refractivity contribution < 1.29 is 33.3 Å². The Balaban J connectivity index is 2.50. The number of hydrogen-bond donors (Lipinski definition) is 1. The highest BCUT2D eigenvalue weighted by molar-refractivity contribution is 7.98. The Morgan fingerprint density at radius 1 is 1.11 bits per heavy atom. The molecule has 0 aliphatic carbocycles. The summed E-state index contributed by atoms with van der Waals surface area (Å²) in [5.74, 6) is -2.07. The minimum Gasteiger partial charge on any atom is -0.463 e. The summed E-state index contributed by atoms with van der Waals surface area (Å²) in [7, 11) is 0. The van der Waals surface area contributed by atoms with Crippen LogP contribution in [0, 0.1) is 0 Å². The van der Waals surface area contributed by atoms with E-state index in [1.807, 2.05) is 0 Å². The first-order valence-corrected chi connectivity index (χ1v) is 9.39. The van der Waals surface area contributed by atoms with Gasteiger partial charge in [0.05, 0.1) is 5.03 Å². The van der Waals surface area contributed by atoms with E-state index in [0.29, 0.717) is 5.03 Å². The number of aromatic nitrogens is 2. The number of nitrogens with one attached hydrogen (secondary N) is 1. The lowest BCUT2D eigenvalue weighted by Gasteiger charge is -2.23. The SMILES string of the molecule is CSc1cc(=O)n(C2OC(COC(C)=O)C(OC(C)=O)C2OC(C)=O)c(=O)[nH]1. The van der Waals surface area contributed by atoms with E-state index in [0.717, 1.165) is 30.2 Å². The number of ether oxygens (including phenoxy) is 4. The fraction of sp³-hybridized carbons (Fsp3) is 0.562. The summed E-state index contributed by atoms with van der Waals surface area (Å²) < 4.78 is 21.7. The van der Waals surface area contributed by atoms with E-state index >= 15 is 0 Å². The van der Waals surface area contributed by atoms with Crippen LogP contribution in [0.2, 0.25) is 0 Å². The molecule has 1 aliphatic heterocycles. The summed E-state index contributed by atoms with van der Waals surface area (Å²) >= 11 is 1.16. The minimum atomic E-state index is -1.39. The van der Waals surface area contributed by atoms with Crippen LogP contribution in [0.3, 0.4) is 0 Å². The lowest BCUT2D eigenvalue weighted by molar-refractivity contribution is -0.166. The third-order valence-electron chi connectivity index (χ3n) is 3.76. The first kappa shape index (κ1) is 21.7. The van der Waals surface area contributed by atoms with E-state index in [1.165, 1.54) is 13.0 Å². The molecule has 0 aromatic carbocycles. The highest BCUT2D eigenvalue weighted by Crippen LogP contribution is 2.33. The van der Waals surface area contributed by atoms with E-state index in [4.69, 9.17) is 18.9 Å².